The number of rotatable bonds is 5. The summed E-state index contributed by atoms with van der Waals surface area (Å²) in [5.41, 5.74) is 0.746. The fourth-order valence-electron chi connectivity index (χ4n) is 2.58. The Bertz CT molecular complexity index is 1200. The summed E-state index contributed by atoms with van der Waals surface area (Å²) in [5.74, 6) is -0.393. The standard InChI is InChI=1S/C19H13ClN2O4S2/c1-25-10-6-7-12-14(8-10)28-19(21-12)22-15(23)9-26-18(24)17-16(20)11-4-2-3-5-13(11)27-17/h2-8H,9H2,1H3,(H,21,22,23). The fraction of sp³-hybridized carbons (Fsp3) is 0.105. The largest absolute Gasteiger partial charge is 0.497 e. The fourth-order valence-corrected chi connectivity index (χ4v) is 4.90. The van der Waals surface area contributed by atoms with Crippen LogP contribution in [0.2, 0.25) is 5.02 Å². The van der Waals surface area contributed by atoms with Gasteiger partial charge < -0.3 is 9.47 Å². The number of methoxy groups -OCH3 is 1. The average molecular weight is 433 g/mol. The van der Waals surface area contributed by atoms with Crippen LogP contribution in [-0.4, -0.2) is 30.6 Å². The van der Waals surface area contributed by atoms with Gasteiger partial charge in [0.05, 0.1) is 22.3 Å². The molecular formula is C19H13ClN2O4S2. The third-order valence-corrected chi connectivity index (χ3v) is 6.49. The van der Waals surface area contributed by atoms with Gasteiger partial charge in [-0.1, -0.05) is 41.1 Å². The lowest BCUT2D eigenvalue weighted by atomic mass is 10.2. The van der Waals surface area contributed by atoms with Gasteiger partial charge in [-0.05, 0) is 24.3 Å². The molecule has 2 heterocycles. The molecule has 0 spiro atoms. The highest BCUT2D eigenvalue weighted by Gasteiger charge is 2.19. The number of esters is 1. The van der Waals surface area contributed by atoms with E-state index in [1.54, 1.807) is 13.2 Å². The Balaban J connectivity index is 1.41. The van der Waals surface area contributed by atoms with Crippen molar-refractivity contribution in [3.8, 4) is 5.75 Å². The summed E-state index contributed by atoms with van der Waals surface area (Å²) in [5, 5.41) is 4.18. The maximum absolute atomic E-state index is 12.3. The van der Waals surface area contributed by atoms with Crippen LogP contribution in [0.5, 0.6) is 5.75 Å². The number of hydrogen-bond donors (Lipinski definition) is 1. The minimum atomic E-state index is -0.629. The van der Waals surface area contributed by atoms with Gasteiger partial charge in [0.1, 0.15) is 10.6 Å². The van der Waals surface area contributed by atoms with Gasteiger partial charge in [-0.3, -0.25) is 10.1 Å². The van der Waals surface area contributed by atoms with Crippen LogP contribution in [0.25, 0.3) is 20.3 Å². The van der Waals surface area contributed by atoms with Gasteiger partial charge in [0.25, 0.3) is 5.91 Å². The number of halogens is 1. The van der Waals surface area contributed by atoms with Crippen LogP contribution in [-0.2, 0) is 9.53 Å². The molecule has 0 aliphatic rings. The van der Waals surface area contributed by atoms with Crippen molar-refractivity contribution in [1.29, 1.82) is 0 Å². The van der Waals surface area contributed by atoms with Gasteiger partial charge in [-0.25, -0.2) is 9.78 Å². The van der Waals surface area contributed by atoms with E-state index in [0.29, 0.717) is 15.9 Å². The molecule has 1 N–H and O–H groups in total. The van der Waals surface area contributed by atoms with E-state index in [-0.39, 0.29) is 4.88 Å². The Morgan fingerprint density at radius 1 is 1.14 bits per heavy atom. The number of fused-ring (bicyclic) bond motifs is 2. The molecule has 4 rings (SSSR count). The molecule has 0 fully saturated rings. The zero-order chi connectivity index (χ0) is 19.7. The number of aromatic nitrogens is 1. The highest BCUT2D eigenvalue weighted by Crippen LogP contribution is 2.35. The number of benzene rings is 2. The van der Waals surface area contributed by atoms with Crippen molar-refractivity contribution >= 4 is 71.6 Å². The predicted octanol–water partition coefficient (Wildman–Crippen LogP) is 4.97. The molecule has 0 radical (unpaired) electrons. The lowest BCUT2D eigenvalue weighted by molar-refractivity contribution is -0.119. The number of carbonyl (C=O) groups excluding carboxylic acids is 2. The molecule has 0 aliphatic heterocycles. The summed E-state index contributed by atoms with van der Waals surface area (Å²) in [7, 11) is 1.59. The quantitative estimate of drug-likeness (QED) is 0.450. The number of anilines is 1. The highest BCUT2D eigenvalue weighted by atomic mass is 35.5. The van der Waals surface area contributed by atoms with Crippen LogP contribution < -0.4 is 10.1 Å². The van der Waals surface area contributed by atoms with Crippen molar-refractivity contribution in [3.05, 3.63) is 52.4 Å². The van der Waals surface area contributed by atoms with Crippen molar-refractivity contribution in [3.63, 3.8) is 0 Å². The molecular weight excluding hydrogens is 420 g/mol. The first kappa shape index (κ1) is 18.7. The number of amides is 1. The zero-order valence-electron chi connectivity index (χ0n) is 14.5. The number of thiophene rings is 1. The SMILES string of the molecule is COc1ccc2nc(NC(=O)COC(=O)c3sc4ccccc4c3Cl)sc2c1. The average Bonchev–Trinajstić information content (AvgIpc) is 3.26. The maximum Gasteiger partial charge on any atom is 0.350 e. The van der Waals surface area contributed by atoms with E-state index in [1.165, 1.54) is 22.7 Å². The number of thiazole rings is 1. The Morgan fingerprint density at radius 2 is 1.96 bits per heavy atom. The second kappa shape index (κ2) is 7.75. The lowest BCUT2D eigenvalue weighted by Crippen LogP contribution is -2.20. The van der Waals surface area contributed by atoms with Crippen molar-refractivity contribution in [2.45, 2.75) is 0 Å². The lowest BCUT2D eigenvalue weighted by Gasteiger charge is -2.03. The number of carbonyl (C=O) groups is 2. The summed E-state index contributed by atoms with van der Waals surface area (Å²) in [6, 6.07) is 12.9. The van der Waals surface area contributed by atoms with Gasteiger partial charge >= 0.3 is 5.97 Å². The third kappa shape index (κ3) is 3.66. The Labute approximate surface area is 172 Å². The van der Waals surface area contributed by atoms with Crippen LogP contribution in [0.4, 0.5) is 5.13 Å². The first-order valence-electron chi connectivity index (χ1n) is 8.14. The number of nitrogens with zero attached hydrogens (tertiary/aromatic N) is 1. The zero-order valence-corrected chi connectivity index (χ0v) is 16.9. The van der Waals surface area contributed by atoms with E-state index in [9.17, 15) is 9.59 Å². The minimum absolute atomic E-state index is 0.280. The normalized spacial score (nSPS) is 10.9. The van der Waals surface area contributed by atoms with Crippen molar-refractivity contribution in [1.82, 2.24) is 4.98 Å². The van der Waals surface area contributed by atoms with E-state index in [2.05, 4.69) is 10.3 Å². The van der Waals surface area contributed by atoms with E-state index >= 15 is 0 Å². The summed E-state index contributed by atoms with van der Waals surface area (Å²) in [6.45, 7) is -0.428. The smallest absolute Gasteiger partial charge is 0.350 e. The van der Waals surface area contributed by atoms with Crippen LogP contribution in [0, 0.1) is 0 Å². The van der Waals surface area contributed by atoms with Crippen molar-refractivity contribution < 1.29 is 19.1 Å². The van der Waals surface area contributed by atoms with Gasteiger partial charge in [-0.2, -0.15) is 0 Å². The van der Waals surface area contributed by atoms with E-state index < -0.39 is 18.5 Å². The molecule has 0 bridgehead atoms. The van der Waals surface area contributed by atoms with Gasteiger partial charge in [-0.15, -0.1) is 11.3 Å². The minimum Gasteiger partial charge on any atom is -0.497 e. The maximum atomic E-state index is 12.3. The Morgan fingerprint density at radius 3 is 2.75 bits per heavy atom. The second-order valence-electron chi connectivity index (χ2n) is 5.72. The topological polar surface area (TPSA) is 77.5 Å². The third-order valence-electron chi connectivity index (χ3n) is 3.90. The van der Waals surface area contributed by atoms with Crippen LogP contribution in [0.3, 0.4) is 0 Å². The van der Waals surface area contributed by atoms with Crippen molar-refractivity contribution in [2.24, 2.45) is 0 Å². The van der Waals surface area contributed by atoms with Crippen LogP contribution in [0.15, 0.2) is 42.5 Å². The molecule has 2 aromatic heterocycles. The van der Waals surface area contributed by atoms with Crippen LogP contribution in [0.1, 0.15) is 9.67 Å². The van der Waals surface area contributed by atoms with Gasteiger partial charge in [0.2, 0.25) is 0 Å². The Kier molecular flexibility index (Phi) is 5.17. The molecule has 4 aromatic rings. The second-order valence-corrected chi connectivity index (χ2v) is 8.18. The number of hydrogen-bond acceptors (Lipinski definition) is 7. The Hall–Kier alpha value is -2.68. The molecule has 2 aromatic carbocycles. The van der Waals surface area contributed by atoms with Gasteiger partial charge in [0, 0.05) is 10.1 Å². The number of ether oxygens (including phenoxy) is 2. The molecule has 28 heavy (non-hydrogen) atoms. The monoisotopic (exact) mass is 432 g/mol. The first-order valence-corrected chi connectivity index (χ1v) is 10.1. The molecule has 0 saturated carbocycles. The molecule has 1 amide bonds. The first-order chi connectivity index (χ1) is 13.5. The van der Waals surface area contributed by atoms with Gasteiger partial charge in [0.15, 0.2) is 11.7 Å². The van der Waals surface area contributed by atoms with E-state index in [0.717, 1.165) is 20.3 Å². The molecule has 9 heteroatoms. The summed E-state index contributed by atoms with van der Waals surface area (Å²) in [6.07, 6.45) is 0. The molecule has 142 valence electrons. The molecule has 0 aliphatic carbocycles. The summed E-state index contributed by atoms with van der Waals surface area (Å²) in [4.78, 5) is 29.0. The molecule has 0 unspecified atom stereocenters. The van der Waals surface area contributed by atoms with E-state index in [1.807, 2.05) is 36.4 Å². The highest BCUT2D eigenvalue weighted by molar-refractivity contribution is 7.22. The molecule has 0 atom stereocenters. The molecule has 0 saturated heterocycles. The van der Waals surface area contributed by atoms with E-state index in [4.69, 9.17) is 21.1 Å². The van der Waals surface area contributed by atoms with Crippen LogP contribution >= 0.6 is 34.3 Å². The molecule has 6 nitrogen and oxygen atoms in total. The van der Waals surface area contributed by atoms with Crippen molar-refractivity contribution in [2.75, 3.05) is 19.0 Å². The predicted molar refractivity (Wildman–Crippen MR) is 112 cm³/mol. The summed E-state index contributed by atoms with van der Waals surface area (Å²) >= 11 is 8.80. The number of nitrogens with one attached hydrogen (secondary N) is 1. The summed E-state index contributed by atoms with van der Waals surface area (Å²) < 4.78 is 12.1.